The molecule has 0 N–H and O–H groups in total. The number of aryl methyl sites for hydroxylation is 8. The summed E-state index contributed by atoms with van der Waals surface area (Å²) in [6.07, 6.45) is 31.0. The third kappa shape index (κ3) is 7.05. The van der Waals surface area contributed by atoms with E-state index in [4.69, 9.17) is 0 Å². The third-order valence-corrected chi connectivity index (χ3v) is 15.9. The van der Waals surface area contributed by atoms with Crippen LogP contribution in [0.25, 0.3) is 0 Å². The molecule has 0 radical (unpaired) electrons. The van der Waals surface area contributed by atoms with Crippen LogP contribution in [0.3, 0.4) is 0 Å². The van der Waals surface area contributed by atoms with Crippen LogP contribution in [0.5, 0.6) is 0 Å². The van der Waals surface area contributed by atoms with Crippen LogP contribution in [-0.2, 0) is 51.4 Å². The highest BCUT2D eigenvalue weighted by Gasteiger charge is 2.45. The number of fused-ring (bicyclic) bond motifs is 8. The van der Waals surface area contributed by atoms with Gasteiger partial charge in [-0.1, -0.05) is 89.5 Å². The monoisotopic (exact) mass is 791 g/mol. The molecule has 0 fully saturated rings. The molecular weight excluding hydrogens is 723 g/mol. The van der Waals surface area contributed by atoms with Gasteiger partial charge in [-0.3, -0.25) is 0 Å². The summed E-state index contributed by atoms with van der Waals surface area (Å²) in [4.78, 5) is 5.54. The molecule has 5 aromatic carbocycles. The Kier molecular flexibility index (Phi) is 10.7. The zero-order valence-corrected chi connectivity index (χ0v) is 36.9. The average Bonchev–Trinajstić information content (AvgIpc) is 3.21. The number of nitrogens with zero attached hydrogens (tertiary/aromatic N) is 2. The molecule has 0 amide bonds. The third-order valence-electron chi connectivity index (χ3n) is 15.9. The first kappa shape index (κ1) is 38.7. The van der Waals surface area contributed by atoms with Crippen LogP contribution in [-0.4, -0.2) is 6.71 Å². The lowest BCUT2D eigenvalue weighted by Crippen LogP contribution is -2.61. The van der Waals surface area contributed by atoms with E-state index in [1.54, 1.807) is 44.5 Å². The quantitative estimate of drug-likeness (QED) is 0.165. The fraction of sp³-hybridized carbons (Fsp3) is 0.474. The van der Waals surface area contributed by atoms with Gasteiger partial charge >= 0.3 is 0 Å². The normalized spacial score (nSPS) is 18.9. The van der Waals surface area contributed by atoms with E-state index in [2.05, 4.69) is 96.4 Å². The van der Waals surface area contributed by atoms with Gasteiger partial charge in [0.15, 0.2) is 0 Å². The molecule has 2 heterocycles. The van der Waals surface area contributed by atoms with E-state index < -0.39 is 0 Å². The second-order valence-corrected chi connectivity index (χ2v) is 20.2. The first-order valence-electron chi connectivity index (χ1n) is 24.9. The lowest BCUT2D eigenvalue weighted by molar-refractivity contribution is 0.617. The second kappa shape index (κ2) is 16.6. The van der Waals surface area contributed by atoms with E-state index in [1.165, 1.54) is 210 Å². The summed E-state index contributed by atoms with van der Waals surface area (Å²) in [7, 11) is 0. The van der Waals surface area contributed by atoms with Crippen molar-refractivity contribution in [2.75, 3.05) is 9.80 Å². The summed E-state index contributed by atoms with van der Waals surface area (Å²) in [6, 6.07) is 31.4. The van der Waals surface area contributed by atoms with Gasteiger partial charge in [0.05, 0.1) is 0 Å². The summed E-state index contributed by atoms with van der Waals surface area (Å²) in [5.74, 6) is 0.412. The molecule has 0 unspecified atom stereocenters. The summed E-state index contributed by atoms with van der Waals surface area (Å²) < 4.78 is 0. The molecule has 0 aromatic heterocycles. The average molecular weight is 791 g/mol. The Balaban J connectivity index is 1.20. The van der Waals surface area contributed by atoms with Crippen molar-refractivity contribution >= 4 is 57.2 Å². The minimum absolute atomic E-state index is 0.203. The predicted molar refractivity (Wildman–Crippen MR) is 258 cm³/mol. The SMILES string of the molecule is CC(C)c1cc2c3c(c1)N(c1ccc4c(c1)CCCCCC4)c1cc4c(cc1B3c1cc3c(cc1N2c1ccc2c(c1)CCCCCC2)CCCCCC3)CCCCCC4. The molecule has 60 heavy (non-hydrogen) atoms. The van der Waals surface area contributed by atoms with Gasteiger partial charge < -0.3 is 9.80 Å². The van der Waals surface area contributed by atoms with Crippen molar-refractivity contribution in [3.63, 3.8) is 0 Å². The maximum atomic E-state index is 2.77. The fourth-order valence-electron chi connectivity index (χ4n) is 12.5. The highest BCUT2D eigenvalue weighted by molar-refractivity contribution is 7.00. The van der Waals surface area contributed by atoms with Crippen molar-refractivity contribution in [1.82, 2.24) is 0 Å². The number of hydrogen-bond donors (Lipinski definition) is 0. The van der Waals surface area contributed by atoms with Gasteiger partial charge in [-0.05, 0) is 224 Å². The number of rotatable bonds is 3. The highest BCUT2D eigenvalue weighted by Crippen LogP contribution is 2.47. The number of benzene rings is 5. The van der Waals surface area contributed by atoms with Gasteiger partial charge in [0, 0.05) is 34.1 Å². The van der Waals surface area contributed by atoms with Crippen LogP contribution in [0.15, 0.2) is 72.8 Å². The topological polar surface area (TPSA) is 6.48 Å². The summed E-state index contributed by atoms with van der Waals surface area (Å²) >= 11 is 0. The smallest absolute Gasteiger partial charge is 0.252 e. The van der Waals surface area contributed by atoms with Crippen LogP contribution in [0.1, 0.15) is 173 Å². The zero-order chi connectivity index (χ0) is 40.2. The molecule has 0 saturated heterocycles. The standard InChI is InChI=1S/C57H67BN2/c1-39(2)48-37-55-57-56(38-48)60(50-30-28-41-20-12-4-6-14-22-43(41)32-50)54-36-47-26-18-10-8-16-24-45(47)34-52(54)58(57)51-33-44-23-15-7-9-17-25-46(44)35-53(51)59(55)49-29-27-40-19-11-3-5-13-21-42(40)31-49/h27-39H,3-26H2,1-2H3. The molecular formula is C57H67BN2. The van der Waals surface area contributed by atoms with E-state index in [0.717, 1.165) is 0 Å². The molecule has 6 aliphatic rings. The van der Waals surface area contributed by atoms with Gasteiger partial charge in [-0.15, -0.1) is 0 Å². The molecule has 5 aromatic rings. The van der Waals surface area contributed by atoms with Gasteiger partial charge in [0.1, 0.15) is 0 Å². The Bertz CT molecular complexity index is 2260. The Morgan fingerprint density at radius 2 is 0.683 bits per heavy atom. The van der Waals surface area contributed by atoms with E-state index >= 15 is 0 Å². The van der Waals surface area contributed by atoms with Crippen LogP contribution in [0.2, 0.25) is 0 Å². The van der Waals surface area contributed by atoms with Crippen LogP contribution >= 0.6 is 0 Å². The summed E-state index contributed by atoms with van der Waals surface area (Å²) in [6.45, 7) is 5.03. The van der Waals surface area contributed by atoms with Crippen molar-refractivity contribution in [3.8, 4) is 0 Å². The maximum Gasteiger partial charge on any atom is 0.252 e. The van der Waals surface area contributed by atoms with Gasteiger partial charge in [0.2, 0.25) is 0 Å². The van der Waals surface area contributed by atoms with Gasteiger partial charge in [-0.2, -0.15) is 0 Å². The lowest BCUT2D eigenvalue weighted by atomic mass is 9.33. The lowest BCUT2D eigenvalue weighted by Gasteiger charge is -2.45. The summed E-state index contributed by atoms with van der Waals surface area (Å²) in [5.41, 5.74) is 27.3. The zero-order valence-electron chi connectivity index (χ0n) is 36.9. The van der Waals surface area contributed by atoms with Crippen molar-refractivity contribution in [1.29, 1.82) is 0 Å². The van der Waals surface area contributed by atoms with E-state index in [9.17, 15) is 0 Å². The Morgan fingerprint density at radius 3 is 1.05 bits per heavy atom. The first-order chi connectivity index (χ1) is 29.6. The fourth-order valence-corrected chi connectivity index (χ4v) is 12.5. The van der Waals surface area contributed by atoms with Gasteiger partial charge in [0.25, 0.3) is 6.71 Å². The molecule has 0 atom stereocenters. The van der Waals surface area contributed by atoms with Crippen molar-refractivity contribution in [2.24, 2.45) is 0 Å². The minimum Gasteiger partial charge on any atom is -0.311 e. The Labute approximate surface area is 362 Å². The molecule has 4 aliphatic carbocycles. The molecule has 0 saturated carbocycles. The largest absolute Gasteiger partial charge is 0.311 e. The van der Waals surface area contributed by atoms with Crippen molar-refractivity contribution in [3.05, 3.63) is 123 Å². The molecule has 3 heteroatoms. The Hall–Kier alpha value is -4.24. The van der Waals surface area contributed by atoms with E-state index in [0.29, 0.717) is 5.92 Å². The molecule has 0 bridgehead atoms. The molecule has 2 nitrogen and oxygen atoms in total. The Morgan fingerprint density at radius 1 is 0.350 bits per heavy atom. The maximum absolute atomic E-state index is 2.77. The van der Waals surface area contributed by atoms with E-state index in [-0.39, 0.29) is 6.71 Å². The first-order valence-corrected chi connectivity index (χ1v) is 24.9. The second-order valence-electron chi connectivity index (χ2n) is 20.2. The molecule has 308 valence electrons. The van der Waals surface area contributed by atoms with Crippen LogP contribution < -0.4 is 26.2 Å². The molecule has 11 rings (SSSR count). The van der Waals surface area contributed by atoms with Crippen molar-refractivity contribution < 1.29 is 0 Å². The van der Waals surface area contributed by atoms with Gasteiger partial charge in [-0.25, -0.2) is 0 Å². The molecule has 0 spiro atoms. The van der Waals surface area contributed by atoms with E-state index in [1.807, 2.05) is 0 Å². The van der Waals surface area contributed by atoms with Crippen LogP contribution in [0, 0.1) is 0 Å². The number of anilines is 6. The minimum atomic E-state index is 0.203. The molecule has 2 aliphatic heterocycles. The summed E-state index contributed by atoms with van der Waals surface area (Å²) in [5, 5.41) is 0. The highest BCUT2D eigenvalue weighted by atomic mass is 15.2. The number of hydrogen-bond acceptors (Lipinski definition) is 2. The van der Waals surface area contributed by atoms with Crippen LogP contribution in [0.4, 0.5) is 34.1 Å². The van der Waals surface area contributed by atoms with Crippen molar-refractivity contribution in [2.45, 2.75) is 174 Å². The predicted octanol–water partition coefficient (Wildman–Crippen LogP) is 13.5.